The Balaban J connectivity index is 1.96. The summed E-state index contributed by atoms with van der Waals surface area (Å²) in [5.41, 5.74) is -2.93. The van der Waals surface area contributed by atoms with Crippen molar-refractivity contribution in [3.8, 4) is 0 Å². The Hall–Kier alpha value is -4.88. The first-order valence-corrected chi connectivity index (χ1v) is 9.37. The normalized spacial score (nSPS) is 21.5. The van der Waals surface area contributed by atoms with Crippen molar-refractivity contribution in [3.63, 3.8) is 0 Å². The van der Waals surface area contributed by atoms with E-state index < -0.39 is 51.2 Å². The van der Waals surface area contributed by atoms with Crippen molar-refractivity contribution in [1.82, 2.24) is 21.3 Å². The van der Waals surface area contributed by atoms with Crippen molar-refractivity contribution in [2.75, 3.05) is 0 Å². The van der Waals surface area contributed by atoms with Crippen molar-refractivity contribution in [1.29, 1.82) is 0 Å². The molecule has 0 bridgehead atoms. The Kier molecular flexibility index (Phi) is 4.96. The molecule has 0 aliphatic carbocycles. The van der Waals surface area contributed by atoms with Crippen LogP contribution >= 0.6 is 0 Å². The third-order valence-corrected chi connectivity index (χ3v) is 5.50. The van der Waals surface area contributed by atoms with Crippen molar-refractivity contribution in [2.45, 2.75) is 12.1 Å². The van der Waals surface area contributed by atoms with E-state index in [1.165, 1.54) is 36.4 Å². The zero-order valence-corrected chi connectivity index (χ0v) is 16.4. The van der Waals surface area contributed by atoms with Gasteiger partial charge >= 0.3 is 12.1 Å². The molecule has 0 radical (unpaired) electrons. The van der Waals surface area contributed by atoms with Gasteiger partial charge in [0.15, 0.2) is 5.41 Å². The third kappa shape index (κ3) is 3.38. The molecule has 33 heavy (non-hydrogen) atoms. The molecule has 4 rings (SSSR count). The fourth-order valence-electron chi connectivity index (χ4n) is 4.10. The summed E-state index contributed by atoms with van der Waals surface area (Å²) in [6.07, 6.45) is 0. The van der Waals surface area contributed by atoms with E-state index in [1.54, 1.807) is 0 Å². The van der Waals surface area contributed by atoms with Gasteiger partial charge in [0, 0.05) is 24.3 Å². The predicted octanol–water partition coefficient (Wildman–Crippen LogP) is 0.951. The summed E-state index contributed by atoms with van der Waals surface area (Å²) in [5, 5.41) is 31.4. The fourth-order valence-corrected chi connectivity index (χ4v) is 4.10. The summed E-state index contributed by atoms with van der Waals surface area (Å²) in [6, 6.07) is 5.01. The molecule has 2 aliphatic heterocycles. The van der Waals surface area contributed by atoms with Crippen molar-refractivity contribution in [2.24, 2.45) is 5.41 Å². The maximum atomic E-state index is 13.3. The van der Waals surface area contributed by atoms with E-state index in [2.05, 4.69) is 10.6 Å². The van der Waals surface area contributed by atoms with E-state index in [1.807, 2.05) is 10.6 Å². The molecule has 2 fully saturated rings. The number of hydrogen-bond acceptors (Lipinski definition) is 8. The van der Waals surface area contributed by atoms with Crippen LogP contribution in [0.4, 0.5) is 21.0 Å². The molecule has 14 heteroatoms. The van der Waals surface area contributed by atoms with E-state index in [-0.39, 0.29) is 22.5 Å². The molecule has 2 heterocycles. The number of amides is 6. The molecular formula is C19H14N6O8. The van der Waals surface area contributed by atoms with E-state index in [0.29, 0.717) is 0 Å². The monoisotopic (exact) mass is 454 g/mol. The number of urea groups is 2. The molecule has 0 saturated carbocycles. The number of rotatable bonds is 4. The second kappa shape index (κ2) is 7.67. The second-order valence-electron chi connectivity index (χ2n) is 7.29. The second-order valence-corrected chi connectivity index (χ2v) is 7.29. The van der Waals surface area contributed by atoms with Crippen LogP contribution < -0.4 is 21.3 Å². The quantitative estimate of drug-likeness (QED) is 0.297. The molecule has 4 N–H and O–H groups in total. The van der Waals surface area contributed by atoms with Crippen molar-refractivity contribution < 1.29 is 29.0 Å². The van der Waals surface area contributed by atoms with E-state index in [0.717, 1.165) is 12.1 Å². The zero-order valence-electron chi connectivity index (χ0n) is 16.4. The first-order chi connectivity index (χ1) is 15.6. The van der Waals surface area contributed by atoms with Gasteiger partial charge in [-0.05, 0) is 11.1 Å². The number of non-ortho nitro benzene ring substituents is 2. The Morgan fingerprint density at radius 2 is 1.12 bits per heavy atom. The Morgan fingerprint density at radius 3 is 1.52 bits per heavy atom. The standard InChI is InChI=1S/C19H14N6O8/c26-15-19(16(27)23-18(29)22-15)13(9-3-1-5-11(7-9)24(30)31)20-17(28)21-14(19)10-4-2-6-12(8-10)25(32)33/h1-8,13-14H,(H2,20,21,28)(H2,22,23,26,27,29). The summed E-state index contributed by atoms with van der Waals surface area (Å²) in [7, 11) is 0. The molecule has 0 aromatic heterocycles. The third-order valence-electron chi connectivity index (χ3n) is 5.50. The summed E-state index contributed by atoms with van der Waals surface area (Å²) in [5.74, 6) is -2.20. The minimum atomic E-state index is -2.27. The van der Waals surface area contributed by atoms with Gasteiger partial charge in [0.1, 0.15) is 0 Å². The zero-order chi connectivity index (χ0) is 23.9. The van der Waals surface area contributed by atoms with Crippen LogP contribution in [0.15, 0.2) is 48.5 Å². The SMILES string of the molecule is O=C1NC(=O)C2(C(=O)N1)C(c1cccc([N+](=O)[O-])c1)NC(=O)NC2c1cccc([N+](=O)[O-])c1. The molecule has 2 aromatic carbocycles. The van der Waals surface area contributed by atoms with Gasteiger partial charge in [-0.2, -0.15) is 0 Å². The van der Waals surface area contributed by atoms with Crippen LogP contribution in [0.1, 0.15) is 23.2 Å². The first-order valence-electron chi connectivity index (χ1n) is 9.37. The van der Waals surface area contributed by atoms with Gasteiger partial charge < -0.3 is 10.6 Å². The van der Waals surface area contributed by atoms with Gasteiger partial charge in [0.25, 0.3) is 11.4 Å². The number of hydrogen-bond donors (Lipinski definition) is 4. The number of nitrogens with one attached hydrogen (secondary N) is 4. The van der Waals surface area contributed by atoms with Gasteiger partial charge in [-0.1, -0.05) is 24.3 Å². The number of barbiturate groups is 1. The average Bonchev–Trinajstić information content (AvgIpc) is 2.77. The smallest absolute Gasteiger partial charge is 0.328 e. The lowest BCUT2D eigenvalue weighted by atomic mass is 9.65. The summed E-state index contributed by atoms with van der Waals surface area (Å²) < 4.78 is 0. The number of nitro benzene ring substituents is 2. The topological polar surface area (TPSA) is 203 Å². The fraction of sp³-hybridized carbons (Fsp3) is 0.158. The van der Waals surface area contributed by atoms with Crippen LogP contribution in [-0.2, 0) is 9.59 Å². The highest BCUT2D eigenvalue weighted by atomic mass is 16.6. The molecule has 14 nitrogen and oxygen atoms in total. The number of benzene rings is 2. The van der Waals surface area contributed by atoms with Crippen LogP contribution in [0.25, 0.3) is 0 Å². The highest BCUT2D eigenvalue weighted by Gasteiger charge is 2.64. The molecule has 2 aromatic rings. The lowest BCUT2D eigenvalue weighted by molar-refractivity contribution is -0.385. The lowest BCUT2D eigenvalue weighted by Gasteiger charge is -2.48. The maximum Gasteiger partial charge on any atom is 0.328 e. The number of nitrogens with zero attached hydrogens (tertiary/aromatic N) is 2. The minimum Gasteiger partial charge on any atom is -0.330 e. The lowest BCUT2D eigenvalue weighted by Crippen LogP contribution is -2.73. The van der Waals surface area contributed by atoms with Gasteiger partial charge in [-0.25, -0.2) is 9.59 Å². The maximum absolute atomic E-state index is 13.3. The Morgan fingerprint density at radius 1 is 0.697 bits per heavy atom. The van der Waals surface area contributed by atoms with Crippen molar-refractivity contribution in [3.05, 3.63) is 79.9 Å². The van der Waals surface area contributed by atoms with Crippen LogP contribution in [-0.4, -0.2) is 33.7 Å². The van der Waals surface area contributed by atoms with Gasteiger partial charge in [0.2, 0.25) is 11.8 Å². The highest BCUT2D eigenvalue weighted by molar-refractivity contribution is 6.21. The predicted molar refractivity (Wildman–Crippen MR) is 107 cm³/mol. The highest BCUT2D eigenvalue weighted by Crippen LogP contribution is 2.49. The Bertz CT molecular complexity index is 1150. The van der Waals surface area contributed by atoms with Crippen molar-refractivity contribution >= 4 is 35.3 Å². The van der Waals surface area contributed by atoms with E-state index >= 15 is 0 Å². The van der Waals surface area contributed by atoms with Crippen LogP contribution in [0.2, 0.25) is 0 Å². The summed E-state index contributed by atoms with van der Waals surface area (Å²) in [4.78, 5) is 72.0. The van der Waals surface area contributed by atoms with Crippen LogP contribution in [0.5, 0.6) is 0 Å². The minimum absolute atomic E-state index is 0.0362. The largest absolute Gasteiger partial charge is 0.330 e. The average molecular weight is 454 g/mol. The number of carbonyl (C=O) groups excluding carboxylic acids is 4. The molecule has 2 unspecified atom stereocenters. The molecule has 1 spiro atoms. The van der Waals surface area contributed by atoms with E-state index in [9.17, 15) is 39.4 Å². The summed E-state index contributed by atoms with van der Waals surface area (Å²) in [6.45, 7) is 0. The summed E-state index contributed by atoms with van der Waals surface area (Å²) >= 11 is 0. The number of nitro groups is 2. The van der Waals surface area contributed by atoms with Gasteiger partial charge in [-0.3, -0.25) is 40.5 Å². The first kappa shape index (κ1) is 21.4. The van der Waals surface area contributed by atoms with Gasteiger partial charge in [-0.15, -0.1) is 0 Å². The van der Waals surface area contributed by atoms with Crippen LogP contribution in [0, 0.1) is 25.6 Å². The molecule has 2 saturated heterocycles. The number of imide groups is 2. The van der Waals surface area contributed by atoms with Gasteiger partial charge in [0.05, 0.1) is 21.9 Å². The molecule has 168 valence electrons. The molecular weight excluding hydrogens is 440 g/mol. The molecule has 2 atom stereocenters. The Labute approximate surface area is 183 Å². The van der Waals surface area contributed by atoms with Crippen LogP contribution in [0.3, 0.4) is 0 Å². The molecule has 6 amide bonds. The van der Waals surface area contributed by atoms with E-state index in [4.69, 9.17) is 0 Å². The number of carbonyl (C=O) groups is 4. The molecule has 2 aliphatic rings.